The van der Waals surface area contributed by atoms with Crippen LogP contribution >= 0.6 is 0 Å². The maximum Gasteiger partial charge on any atom is 0.196 e. The molecule has 0 amide bonds. The molecule has 3 nitrogen and oxygen atoms in total. The fourth-order valence-corrected chi connectivity index (χ4v) is 6.23. The molecule has 4 saturated carbocycles. The van der Waals surface area contributed by atoms with E-state index in [0.29, 0.717) is 0 Å². The van der Waals surface area contributed by atoms with Gasteiger partial charge in [-0.1, -0.05) is 6.92 Å². The fraction of sp³-hybridized carbons (Fsp3) is 1.00. The predicted octanol–water partition coefficient (Wildman–Crippen LogP) is 3.29. The van der Waals surface area contributed by atoms with Crippen LogP contribution in [0.15, 0.2) is 0 Å². The van der Waals surface area contributed by atoms with E-state index in [2.05, 4.69) is 6.92 Å². The van der Waals surface area contributed by atoms with Gasteiger partial charge in [0.25, 0.3) is 0 Å². The lowest BCUT2D eigenvalue weighted by Crippen LogP contribution is -2.63. The van der Waals surface area contributed by atoms with Crippen molar-refractivity contribution >= 4 is 0 Å². The van der Waals surface area contributed by atoms with Crippen LogP contribution in [-0.4, -0.2) is 18.5 Å². The predicted molar refractivity (Wildman–Crippen MR) is 69.0 cm³/mol. The molecule has 2 unspecified atom stereocenters. The first kappa shape index (κ1) is 11.5. The van der Waals surface area contributed by atoms with Gasteiger partial charge in [0.2, 0.25) is 0 Å². The Hall–Kier alpha value is -0.120. The van der Waals surface area contributed by atoms with Crippen molar-refractivity contribution in [1.29, 1.82) is 0 Å². The summed E-state index contributed by atoms with van der Waals surface area (Å²) in [5, 5.41) is 0. The lowest BCUT2D eigenvalue weighted by Gasteiger charge is -2.63. The SMILES string of the molecule is CC12CCOC1OOC1(C2)C2CC3CC(C2)CC1C3. The average Bonchev–Trinajstić information content (AvgIpc) is 2.75. The van der Waals surface area contributed by atoms with Gasteiger partial charge in [0.05, 0.1) is 6.61 Å². The Balaban J connectivity index is 1.51. The van der Waals surface area contributed by atoms with Crippen LogP contribution in [0.2, 0.25) is 0 Å². The molecule has 2 heterocycles. The van der Waals surface area contributed by atoms with E-state index in [1.807, 2.05) is 0 Å². The van der Waals surface area contributed by atoms with Gasteiger partial charge in [0.15, 0.2) is 6.29 Å². The molecule has 0 aromatic rings. The molecule has 6 aliphatic rings. The first-order valence-electron chi connectivity index (χ1n) is 8.14. The molecule has 19 heavy (non-hydrogen) atoms. The van der Waals surface area contributed by atoms with Crippen LogP contribution in [0.1, 0.15) is 51.9 Å². The number of rotatable bonds is 0. The lowest BCUT2D eigenvalue weighted by molar-refractivity contribution is -0.491. The Morgan fingerprint density at radius 3 is 2.32 bits per heavy atom. The molecule has 2 atom stereocenters. The number of ether oxygens (including phenoxy) is 1. The van der Waals surface area contributed by atoms with E-state index in [1.54, 1.807) is 0 Å². The van der Waals surface area contributed by atoms with E-state index >= 15 is 0 Å². The molecule has 4 aliphatic carbocycles. The highest BCUT2D eigenvalue weighted by Crippen LogP contribution is 2.64. The Morgan fingerprint density at radius 1 is 0.947 bits per heavy atom. The Morgan fingerprint density at radius 2 is 1.63 bits per heavy atom. The van der Waals surface area contributed by atoms with Crippen molar-refractivity contribution in [2.45, 2.75) is 63.8 Å². The summed E-state index contributed by atoms with van der Waals surface area (Å²) >= 11 is 0. The molecule has 4 bridgehead atoms. The van der Waals surface area contributed by atoms with Gasteiger partial charge < -0.3 is 4.74 Å². The van der Waals surface area contributed by atoms with E-state index < -0.39 is 0 Å². The molecule has 2 aliphatic heterocycles. The van der Waals surface area contributed by atoms with Gasteiger partial charge >= 0.3 is 0 Å². The molecule has 106 valence electrons. The number of fused-ring (bicyclic) bond motifs is 1. The van der Waals surface area contributed by atoms with E-state index in [-0.39, 0.29) is 17.3 Å². The highest BCUT2D eigenvalue weighted by atomic mass is 17.2. The maximum atomic E-state index is 6.10. The maximum absolute atomic E-state index is 6.10. The second kappa shape index (κ2) is 3.55. The third-order valence-electron chi connectivity index (χ3n) is 7.00. The van der Waals surface area contributed by atoms with Gasteiger partial charge in [-0.05, 0) is 68.6 Å². The van der Waals surface area contributed by atoms with E-state index in [9.17, 15) is 0 Å². The van der Waals surface area contributed by atoms with Gasteiger partial charge in [0.1, 0.15) is 5.60 Å². The van der Waals surface area contributed by atoms with E-state index in [1.165, 1.54) is 38.5 Å². The van der Waals surface area contributed by atoms with Crippen LogP contribution in [0.5, 0.6) is 0 Å². The minimum absolute atomic E-state index is 0.0341. The van der Waals surface area contributed by atoms with Crippen molar-refractivity contribution in [3.8, 4) is 0 Å². The lowest BCUT2D eigenvalue weighted by atomic mass is 9.47. The molecule has 0 radical (unpaired) electrons. The van der Waals surface area contributed by atoms with Gasteiger partial charge in [-0.2, -0.15) is 0 Å². The molecule has 0 aromatic heterocycles. The van der Waals surface area contributed by atoms with Gasteiger partial charge in [0, 0.05) is 5.41 Å². The second-order valence-corrected chi connectivity index (χ2v) is 8.22. The van der Waals surface area contributed by atoms with E-state index in [4.69, 9.17) is 14.5 Å². The van der Waals surface area contributed by atoms with Crippen LogP contribution < -0.4 is 0 Å². The Labute approximate surface area is 114 Å². The second-order valence-electron chi connectivity index (χ2n) is 8.22. The van der Waals surface area contributed by atoms with Gasteiger partial charge in [-0.25, -0.2) is 9.78 Å². The summed E-state index contributed by atoms with van der Waals surface area (Å²) in [7, 11) is 0. The van der Waals surface area contributed by atoms with Crippen molar-refractivity contribution in [2.75, 3.05) is 6.61 Å². The summed E-state index contributed by atoms with van der Waals surface area (Å²) in [6.07, 6.45) is 9.23. The topological polar surface area (TPSA) is 27.7 Å². The Bertz CT molecular complexity index is 379. The zero-order valence-electron chi connectivity index (χ0n) is 11.8. The zero-order valence-corrected chi connectivity index (χ0v) is 11.8. The summed E-state index contributed by atoms with van der Waals surface area (Å²) in [6, 6.07) is 0. The molecule has 6 rings (SSSR count). The third kappa shape index (κ3) is 1.39. The van der Waals surface area contributed by atoms with Crippen molar-refractivity contribution in [3.05, 3.63) is 0 Å². The van der Waals surface area contributed by atoms with Gasteiger partial charge in [-0.15, -0.1) is 0 Å². The monoisotopic (exact) mass is 264 g/mol. The fourth-order valence-electron chi connectivity index (χ4n) is 6.23. The van der Waals surface area contributed by atoms with Crippen molar-refractivity contribution in [3.63, 3.8) is 0 Å². The van der Waals surface area contributed by atoms with Crippen LogP contribution in [0, 0.1) is 29.1 Å². The number of hydrogen-bond donors (Lipinski definition) is 0. The number of hydrogen-bond acceptors (Lipinski definition) is 3. The smallest absolute Gasteiger partial charge is 0.196 e. The average molecular weight is 264 g/mol. The highest BCUT2D eigenvalue weighted by molar-refractivity contribution is 5.10. The molecular formula is C16H24O3. The van der Waals surface area contributed by atoms with Crippen LogP contribution in [0.4, 0.5) is 0 Å². The van der Waals surface area contributed by atoms with Crippen molar-refractivity contribution in [1.82, 2.24) is 0 Å². The largest absolute Gasteiger partial charge is 0.349 e. The summed E-state index contributed by atoms with van der Waals surface area (Å²) < 4.78 is 5.70. The molecule has 3 heteroatoms. The highest BCUT2D eigenvalue weighted by Gasteiger charge is 2.64. The minimum atomic E-state index is -0.115. The Kier molecular flexibility index (Phi) is 2.15. The molecule has 0 N–H and O–H groups in total. The molecule has 6 fully saturated rings. The van der Waals surface area contributed by atoms with Crippen molar-refractivity contribution < 1.29 is 14.5 Å². The van der Waals surface area contributed by atoms with Crippen molar-refractivity contribution in [2.24, 2.45) is 29.1 Å². The quantitative estimate of drug-likeness (QED) is 0.628. The van der Waals surface area contributed by atoms with Crippen LogP contribution in [0.3, 0.4) is 0 Å². The molecule has 2 saturated heterocycles. The van der Waals surface area contributed by atoms with Gasteiger partial charge in [-0.3, -0.25) is 0 Å². The van der Waals surface area contributed by atoms with E-state index in [0.717, 1.165) is 36.7 Å². The first-order valence-corrected chi connectivity index (χ1v) is 8.14. The standard InChI is InChI=1S/C16H24O3/c1-15-2-3-17-14(15)18-19-16(9-15)12-5-10-4-11(7-12)8-13(16)6-10/h10-14H,2-9H2,1H3. The normalized spacial score (nSPS) is 62.7. The summed E-state index contributed by atoms with van der Waals surface area (Å²) in [6.45, 7) is 3.18. The summed E-state index contributed by atoms with van der Waals surface area (Å²) in [5.74, 6) is 3.48. The first-order chi connectivity index (χ1) is 9.18. The zero-order chi connectivity index (χ0) is 12.7. The van der Waals surface area contributed by atoms with Crippen LogP contribution in [0.25, 0.3) is 0 Å². The summed E-state index contributed by atoms with van der Waals surface area (Å²) in [5.41, 5.74) is 0.222. The molecular weight excluding hydrogens is 240 g/mol. The molecule has 0 aromatic carbocycles. The summed E-state index contributed by atoms with van der Waals surface area (Å²) in [4.78, 5) is 11.9. The molecule has 1 spiro atoms. The minimum Gasteiger partial charge on any atom is -0.349 e. The third-order valence-corrected chi connectivity index (χ3v) is 7.00. The van der Waals surface area contributed by atoms with Crippen LogP contribution in [-0.2, 0) is 14.5 Å².